The molecule has 1 atom stereocenters. The number of carbonyl (C=O) groups is 2. The van der Waals surface area contributed by atoms with Crippen molar-refractivity contribution in [1.82, 2.24) is 5.32 Å². The first-order valence-electron chi connectivity index (χ1n) is 8.01. The van der Waals surface area contributed by atoms with Crippen LogP contribution in [0, 0.1) is 5.92 Å². The number of fused-ring (bicyclic) bond motifs is 1. The van der Waals surface area contributed by atoms with Gasteiger partial charge in [0.05, 0.1) is 24.3 Å². The fraction of sp³-hybridized carbons (Fsp3) is 0.211. The number of ether oxygens (including phenoxy) is 1. The van der Waals surface area contributed by atoms with Crippen LogP contribution >= 0.6 is 0 Å². The molecular weight excluding hydrogens is 361 g/mol. The van der Waals surface area contributed by atoms with E-state index in [9.17, 15) is 22.8 Å². The van der Waals surface area contributed by atoms with E-state index in [0.29, 0.717) is 11.3 Å². The molecular formula is C19H15F3N2O3. The molecule has 1 aromatic rings. The van der Waals surface area contributed by atoms with Gasteiger partial charge in [0.2, 0.25) is 0 Å². The van der Waals surface area contributed by atoms with Crippen molar-refractivity contribution in [3.63, 3.8) is 0 Å². The Morgan fingerprint density at radius 3 is 2.78 bits per heavy atom. The number of hydrogen-bond donors (Lipinski definition) is 1. The van der Waals surface area contributed by atoms with Crippen LogP contribution in [0.5, 0.6) is 0 Å². The van der Waals surface area contributed by atoms with Crippen LogP contribution in [0.3, 0.4) is 0 Å². The Morgan fingerprint density at radius 1 is 1.30 bits per heavy atom. The van der Waals surface area contributed by atoms with Gasteiger partial charge in [-0.2, -0.15) is 13.2 Å². The van der Waals surface area contributed by atoms with Crippen molar-refractivity contribution in [3.8, 4) is 0 Å². The summed E-state index contributed by atoms with van der Waals surface area (Å²) >= 11 is 0. The summed E-state index contributed by atoms with van der Waals surface area (Å²) in [6.45, 7) is -0.00559. The van der Waals surface area contributed by atoms with Crippen molar-refractivity contribution < 1.29 is 27.5 Å². The first-order chi connectivity index (χ1) is 12.8. The number of carbonyl (C=O) groups excluding carboxylic acids is 2. The molecule has 0 fully saturated rings. The van der Waals surface area contributed by atoms with Gasteiger partial charge in [-0.25, -0.2) is 9.79 Å². The van der Waals surface area contributed by atoms with Crippen LogP contribution < -0.4 is 5.32 Å². The van der Waals surface area contributed by atoms with Crippen LogP contribution in [0.15, 0.2) is 64.8 Å². The van der Waals surface area contributed by atoms with Crippen LogP contribution in [0.4, 0.5) is 13.2 Å². The van der Waals surface area contributed by atoms with Crippen LogP contribution in [0.2, 0.25) is 0 Å². The Balaban J connectivity index is 1.92. The lowest BCUT2D eigenvalue weighted by molar-refractivity contribution is -0.138. The molecule has 0 aromatic heterocycles. The highest BCUT2D eigenvalue weighted by atomic mass is 19.4. The fourth-order valence-electron chi connectivity index (χ4n) is 2.88. The Labute approximate surface area is 152 Å². The van der Waals surface area contributed by atoms with E-state index in [0.717, 1.165) is 19.2 Å². The number of alkyl halides is 3. The van der Waals surface area contributed by atoms with Gasteiger partial charge in [-0.15, -0.1) is 0 Å². The Morgan fingerprint density at radius 2 is 2.07 bits per heavy atom. The monoisotopic (exact) mass is 376 g/mol. The predicted octanol–water partition coefficient (Wildman–Crippen LogP) is 2.95. The van der Waals surface area contributed by atoms with Crippen LogP contribution in [-0.2, 0) is 27.0 Å². The summed E-state index contributed by atoms with van der Waals surface area (Å²) in [6.07, 6.45) is 2.37. The summed E-state index contributed by atoms with van der Waals surface area (Å²) in [6, 6.07) is 4.82. The smallest absolute Gasteiger partial charge is 0.416 e. The van der Waals surface area contributed by atoms with E-state index in [2.05, 4.69) is 15.0 Å². The Kier molecular flexibility index (Phi) is 4.98. The Bertz CT molecular complexity index is 911. The molecule has 1 amide bonds. The number of methoxy groups -OCH3 is 1. The SMILES string of the molecule is COC(=O)C1=C(NCc2cccc(C(F)(F)F)c2)C2C=CC=CC2=NC1=O. The van der Waals surface area contributed by atoms with Gasteiger partial charge >= 0.3 is 12.1 Å². The minimum absolute atomic E-state index is 0.00559. The highest BCUT2D eigenvalue weighted by Gasteiger charge is 2.35. The average Bonchev–Trinajstić information content (AvgIpc) is 2.64. The molecule has 1 aliphatic heterocycles. The lowest BCUT2D eigenvalue weighted by Crippen LogP contribution is -2.35. The number of esters is 1. The molecule has 0 radical (unpaired) electrons. The van der Waals surface area contributed by atoms with Gasteiger partial charge in [-0.3, -0.25) is 4.79 Å². The number of dihydropyridines is 1. The van der Waals surface area contributed by atoms with Crippen molar-refractivity contribution in [1.29, 1.82) is 0 Å². The topological polar surface area (TPSA) is 67.8 Å². The third-order valence-corrected chi connectivity index (χ3v) is 4.15. The molecule has 5 nitrogen and oxygen atoms in total. The van der Waals surface area contributed by atoms with Gasteiger partial charge in [0.15, 0.2) is 0 Å². The fourth-order valence-corrected chi connectivity index (χ4v) is 2.88. The van der Waals surface area contributed by atoms with Gasteiger partial charge in [0.1, 0.15) is 5.57 Å². The number of amides is 1. The maximum absolute atomic E-state index is 12.9. The molecule has 3 rings (SSSR count). The van der Waals surface area contributed by atoms with E-state index in [1.165, 1.54) is 12.1 Å². The lowest BCUT2D eigenvalue weighted by atomic mass is 9.89. The van der Waals surface area contributed by atoms with Gasteiger partial charge in [0, 0.05) is 12.2 Å². The second kappa shape index (κ2) is 7.22. The second-order valence-electron chi connectivity index (χ2n) is 5.90. The third-order valence-electron chi connectivity index (χ3n) is 4.15. The summed E-state index contributed by atoms with van der Waals surface area (Å²) in [7, 11) is 1.14. The molecule has 0 bridgehead atoms. The van der Waals surface area contributed by atoms with Crippen molar-refractivity contribution in [3.05, 3.63) is 71.0 Å². The van der Waals surface area contributed by atoms with Crippen LogP contribution in [-0.4, -0.2) is 24.7 Å². The summed E-state index contributed by atoms with van der Waals surface area (Å²) in [5, 5.41) is 2.94. The zero-order chi connectivity index (χ0) is 19.6. The van der Waals surface area contributed by atoms with E-state index >= 15 is 0 Å². The van der Waals surface area contributed by atoms with Gasteiger partial charge in [-0.05, 0) is 23.8 Å². The number of rotatable bonds is 4. The third kappa shape index (κ3) is 3.84. The molecule has 1 heterocycles. The molecule has 1 aromatic carbocycles. The Hall–Kier alpha value is -3.16. The van der Waals surface area contributed by atoms with E-state index < -0.39 is 29.5 Å². The normalized spacial score (nSPS) is 18.9. The number of benzene rings is 1. The van der Waals surface area contributed by atoms with Crippen molar-refractivity contribution >= 4 is 17.6 Å². The molecule has 1 aliphatic carbocycles. The molecule has 0 spiro atoms. The second-order valence-corrected chi connectivity index (χ2v) is 5.90. The molecule has 1 unspecified atom stereocenters. The van der Waals surface area contributed by atoms with Crippen molar-refractivity contribution in [2.75, 3.05) is 7.11 Å². The first kappa shape index (κ1) is 18.6. The van der Waals surface area contributed by atoms with E-state index in [4.69, 9.17) is 0 Å². The summed E-state index contributed by atoms with van der Waals surface area (Å²) in [4.78, 5) is 28.2. The lowest BCUT2D eigenvalue weighted by Gasteiger charge is -2.26. The van der Waals surface area contributed by atoms with Crippen molar-refractivity contribution in [2.45, 2.75) is 12.7 Å². The maximum atomic E-state index is 12.9. The molecule has 0 saturated heterocycles. The van der Waals surface area contributed by atoms with Crippen LogP contribution in [0.1, 0.15) is 11.1 Å². The quantitative estimate of drug-likeness (QED) is 0.648. The number of halogens is 3. The van der Waals surface area contributed by atoms with E-state index in [-0.39, 0.29) is 17.8 Å². The van der Waals surface area contributed by atoms with Crippen LogP contribution in [0.25, 0.3) is 0 Å². The molecule has 27 heavy (non-hydrogen) atoms. The first-order valence-corrected chi connectivity index (χ1v) is 8.01. The number of nitrogens with one attached hydrogen (secondary N) is 1. The molecule has 8 heteroatoms. The van der Waals surface area contributed by atoms with Gasteiger partial charge < -0.3 is 10.1 Å². The molecule has 140 valence electrons. The van der Waals surface area contributed by atoms with Gasteiger partial charge in [-0.1, -0.05) is 30.4 Å². The van der Waals surface area contributed by atoms with Gasteiger partial charge in [0.25, 0.3) is 5.91 Å². The molecule has 1 N–H and O–H groups in total. The zero-order valence-corrected chi connectivity index (χ0v) is 14.2. The zero-order valence-electron chi connectivity index (χ0n) is 14.2. The number of nitrogens with zero attached hydrogens (tertiary/aromatic N) is 1. The summed E-state index contributed by atoms with van der Waals surface area (Å²) < 4.78 is 43.3. The predicted molar refractivity (Wildman–Crippen MR) is 91.5 cm³/mol. The minimum Gasteiger partial charge on any atom is -0.465 e. The van der Waals surface area contributed by atoms with Crippen molar-refractivity contribution in [2.24, 2.45) is 10.9 Å². The average molecular weight is 376 g/mol. The largest absolute Gasteiger partial charge is 0.465 e. The van der Waals surface area contributed by atoms with E-state index in [1.54, 1.807) is 24.3 Å². The summed E-state index contributed by atoms with van der Waals surface area (Å²) in [5.41, 5.74) is 0.0366. The highest BCUT2D eigenvalue weighted by Crippen LogP contribution is 2.30. The number of aliphatic imine (C=N–C) groups is 1. The standard InChI is InChI=1S/C19H15F3N2O3/c1-27-18(26)15-16(13-7-2-3-8-14(13)24-17(15)25)23-10-11-5-4-6-12(9-11)19(20,21)22/h2-9,13,23H,10H2,1H3. The number of hydrogen-bond acceptors (Lipinski definition) is 4. The molecule has 0 saturated carbocycles. The van der Waals surface area contributed by atoms with E-state index in [1.807, 2.05) is 0 Å². The maximum Gasteiger partial charge on any atom is 0.416 e. The number of allylic oxidation sites excluding steroid dienone is 4. The minimum atomic E-state index is -4.45. The molecule has 2 aliphatic rings. The summed E-state index contributed by atoms with van der Waals surface area (Å²) in [5.74, 6) is -2.08. The highest BCUT2D eigenvalue weighted by molar-refractivity contribution is 6.24.